The van der Waals surface area contributed by atoms with Gasteiger partial charge in [0.05, 0.1) is 18.3 Å². The second-order valence-electron chi connectivity index (χ2n) is 12.9. The predicted molar refractivity (Wildman–Crippen MR) is 121 cm³/mol. The Morgan fingerprint density at radius 3 is 2.58 bits per heavy atom. The molecular weight excluding hydrogens is 386 g/mol. The Balaban J connectivity index is 1.32. The highest BCUT2D eigenvalue weighted by atomic mass is 16.5. The van der Waals surface area contributed by atoms with Gasteiger partial charge in [0, 0.05) is 18.4 Å². The Labute approximate surface area is 188 Å². The fourth-order valence-corrected chi connectivity index (χ4v) is 9.87. The third kappa shape index (κ3) is 2.68. The van der Waals surface area contributed by atoms with Crippen LogP contribution in [-0.4, -0.2) is 40.8 Å². The Morgan fingerprint density at radius 2 is 1.84 bits per heavy atom. The lowest BCUT2D eigenvalue weighted by molar-refractivity contribution is -0.152. The van der Waals surface area contributed by atoms with E-state index in [9.17, 15) is 10.2 Å². The monoisotopic (exact) mass is 429 g/mol. The summed E-state index contributed by atoms with van der Waals surface area (Å²) in [6.07, 6.45) is 10.7. The Kier molecular flexibility index (Phi) is 4.64. The quantitative estimate of drug-likeness (QED) is 0.504. The minimum Gasteiger partial charge on any atom is -0.393 e. The summed E-state index contributed by atoms with van der Waals surface area (Å²) >= 11 is 0. The fourth-order valence-electron chi connectivity index (χ4n) is 9.87. The van der Waals surface area contributed by atoms with Crippen LogP contribution in [0.4, 0.5) is 0 Å². The first-order chi connectivity index (χ1) is 14.7. The predicted octanol–water partition coefficient (Wildman–Crippen LogP) is 4.26. The third-order valence-electron chi connectivity index (χ3n) is 11.6. The largest absolute Gasteiger partial charge is 0.393 e. The van der Waals surface area contributed by atoms with Crippen LogP contribution in [0.25, 0.3) is 0 Å². The van der Waals surface area contributed by atoms with E-state index in [2.05, 4.69) is 39.1 Å². The summed E-state index contributed by atoms with van der Waals surface area (Å²) in [7, 11) is 0. The van der Waals surface area contributed by atoms with Crippen molar-refractivity contribution >= 4 is 0 Å². The van der Waals surface area contributed by atoms with E-state index >= 15 is 0 Å². The van der Waals surface area contributed by atoms with Gasteiger partial charge in [-0.25, -0.2) is 0 Å². The minimum atomic E-state index is -0.349. The van der Waals surface area contributed by atoms with Gasteiger partial charge in [-0.3, -0.25) is 5.32 Å². The number of rotatable bonds is 0. The molecule has 4 aliphatic carbocycles. The summed E-state index contributed by atoms with van der Waals surface area (Å²) in [5.41, 5.74) is 1.66. The summed E-state index contributed by atoms with van der Waals surface area (Å²) in [6, 6.07) is 0. The van der Waals surface area contributed by atoms with Crippen LogP contribution < -0.4 is 5.32 Å². The van der Waals surface area contributed by atoms with Crippen LogP contribution in [-0.2, 0) is 4.74 Å². The summed E-state index contributed by atoms with van der Waals surface area (Å²) in [5, 5.41) is 25.8. The van der Waals surface area contributed by atoms with E-state index < -0.39 is 0 Å². The lowest BCUT2D eigenvalue weighted by atomic mass is 9.46. The Hall–Kier alpha value is -0.420. The summed E-state index contributed by atoms with van der Waals surface area (Å²) in [6.45, 7) is 10.7. The highest BCUT2D eigenvalue weighted by Gasteiger charge is 2.71. The van der Waals surface area contributed by atoms with Gasteiger partial charge < -0.3 is 14.9 Å². The maximum Gasteiger partial charge on any atom is 0.122 e. The molecule has 3 N–H and O–H groups in total. The van der Waals surface area contributed by atoms with Crippen molar-refractivity contribution in [1.29, 1.82) is 0 Å². The van der Waals surface area contributed by atoms with Gasteiger partial charge in [-0.1, -0.05) is 39.3 Å². The van der Waals surface area contributed by atoms with Crippen LogP contribution >= 0.6 is 0 Å². The van der Waals surface area contributed by atoms with E-state index in [1.165, 1.54) is 24.8 Å². The second kappa shape index (κ2) is 6.81. The first kappa shape index (κ1) is 21.1. The zero-order chi connectivity index (χ0) is 21.8. The third-order valence-corrected chi connectivity index (χ3v) is 11.6. The SMILES string of the molecule is C[C@@H]1CC[C@]2(NC1)O[C@H]1[C@H](O)[C@H]3[C@@H]4CC=C5C[C@@H](O)CC[C@]5(C)[C@H]4CC[C@]3(C)[C@H]1[C@@H]2C. The fraction of sp³-hybridized carbons (Fsp3) is 0.926. The average molecular weight is 430 g/mol. The highest BCUT2D eigenvalue weighted by Crippen LogP contribution is 2.70. The topological polar surface area (TPSA) is 61.7 Å². The van der Waals surface area contributed by atoms with E-state index in [4.69, 9.17) is 4.74 Å². The van der Waals surface area contributed by atoms with E-state index in [1.54, 1.807) is 0 Å². The molecule has 6 rings (SSSR count). The molecule has 0 aromatic rings. The van der Waals surface area contributed by atoms with Crippen LogP contribution in [0, 0.1) is 46.3 Å². The number of fused-ring (bicyclic) bond motifs is 7. The number of aliphatic hydroxyl groups excluding tert-OH is 2. The molecule has 0 amide bonds. The molecule has 31 heavy (non-hydrogen) atoms. The van der Waals surface area contributed by atoms with Crippen molar-refractivity contribution in [2.75, 3.05) is 6.54 Å². The van der Waals surface area contributed by atoms with Crippen molar-refractivity contribution in [3.63, 3.8) is 0 Å². The van der Waals surface area contributed by atoms with Gasteiger partial charge in [-0.2, -0.15) is 0 Å². The number of nitrogens with one attached hydrogen (secondary N) is 1. The average Bonchev–Trinajstić information content (AvgIpc) is 3.14. The molecule has 4 nitrogen and oxygen atoms in total. The standard InChI is InChI=1S/C27H43NO3/c1-15-7-12-27(28-14-15)16(2)21-24(31-27)23(30)22-19-6-5-17-13-18(29)8-10-25(17,3)20(19)9-11-26(21,22)4/h5,15-16,18-24,28-30H,6-14H2,1-4H3/t15-,16+,18+,19-,20+,21+,22-,23-,24-,25+,26-,27+/m1/s1. The number of piperidine rings is 1. The zero-order valence-electron chi connectivity index (χ0n) is 19.9. The smallest absolute Gasteiger partial charge is 0.122 e. The van der Waals surface area contributed by atoms with Crippen molar-refractivity contribution in [3.05, 3.63) is 11.6 Å². The number of allylic oxidation sites excluding steroid dienone is 1. The highest BCUT2D eigenvalue weighted by molar-refractivity contribution is 5.27. The van der Waals surface area contributed by atoms with Crippen molar-refractivity contribution in [2.24, 2.45) is 46.3 Å². The Bertz CT molecular complexity index is 772. The number of ether oxygens (including phenoxy) is 1. The summed E-state index contributed by atoms with van der Waals surface area (Å²) in [4.78, 5) is 0. The van der Waals surface area contributed by atoms with Gasteiger partial charge in [-0.05, 0) is 85.9 Å². The number of hydrogen-bond acceptors (Lipinski definition) is 4. The molecule has 12 atom stereocenters. The molecule has 2 heterocycles. The van der Waals surface area contributed by atoms with Crippen molar-refractivity contribution in [1.82, 2.24) is 5.32 Å². The van der Waals surface area contributed by atoms with E-state index in [1.807, 2.05) is 0 Å². The molecule has 6 aliphatic rings. The molecule has 5 fully saturated rings. The van der Waals surface area contributed by atoms with Crippen molar-refractivity contribution < 1.29 is 14.9 Å². The number of aliphatic hydroxyl groups is 2. The van der Waals surface area contributed by atoms with Gasteiger partial charge in [-0.15, -0.1) is 0 Å². The first-order valence-corrected chi connectivity index (χ1v) is 13.2. The van der Waals surface area contributed by atoms with E-state index in [0.717, 1.165) is 38.6 Å². The molecule has 3 saturated carbocycles. The summed E-state index contributed by atoms with van der Waals surface area (Å²) in [5.74, 6) is 3.13. The van der Waals surface area contributed by atoms with Gasteiger partial charge in [0.1, 0.15) is 5.72 Å². The molecule has 0 aromatic heterocycles. The lowest BCUT2D eigenvalue weighted by Gasteiger charge is -2.58. The lowest BCUT2D eigenvalue weighted by Crippen LogP contribution is -2.58. The normalized spacial score (nSPS) is 60.7. The molecule has 0 radical (unpaired) electrons. The Morgan fingerprint density at radius 1 is 1.03 bits per heavy atom. The molecule has 0 unspecified atom stereocenters. The molecule has 0 aromatic carbocycles. The second-order valence-corrected chi connectivity index (χ2v) is 12.9. The molecule has 0 bridgehead atoms. The molecule has 1 spiro atoms. The number of hydrogen-bond donors (Lipinski definition) is 3. The molecule has 4 heteroatoms. The van der Waals surface area contributed by atoms with Crippen LogP contribution in [0.2, 0.25) is 0 Å². The van der Waals surface area contributed by atoms with Crippen molar-refractivity contribution in [3.8, 4) is 0 Å². The van der Waals surface area contributed by atoms with Gasteiger partial charge >= 0.3 is 0 Å². The zero-order valence-corrected chi connectivity index (χ0v) is 19.9. The van der Waals surface area contributed by atoms with Crippen molar-refractivity contribution in [2.45, 2.75) is 103 Å². The summed E-state index contributed by atoms with van der Waals surface area (Å²) < 4.78 is 6.86. The van der Waals surface area contributed by atoms with Gasteiger partial charge in [0.2, 0.25) is 0 Å². The minimum absolute atomic E-state index is 0.0176. The van der Waals surface area contributed by atoms with Crippen LogP contribution in [0.1, 0.15) is 79.1 Å². The van der Waals surface area contributed by atoms with Crippen LogP contribution in [0.5, 0.6) is 0 Å². The first-order valence-electron chi connectivity index (χ1n) is 13.2. The maximum atomic E-state index is 11.8. The van der Waals surface area contributed by atoms with E-state index in [0.29, 0.717) is 35.5 Å². The molecular formula is C27H43NO3. The molecule has 174 valence electrons. The molecule has 2 saturated heterocycles. The van der Waals surface area contributed by atoms with Gasteiger partial charge in [0.25, 0.3) is 0 Å². The van der Waals surface area contributed by atoms with Crippen LogP contribution in [0.3, 0.4) is 0 Å². The maximum absolute atomic E-state index is 11.8. The van der Waals surface area contributed by atoms with Crippen LogP contribution in [0.15, 0.2) is 11.6 Å². The molecule has 2 aliphatic heterocycles. The van der Waals surface area contributed by atoms with Gasteiger partial charge in [0.15, 0.2) is 0 Å². The van der Waals surface area contributed by atoms with E-state index in [-0.39, 0.29) is 34.9 Å².